The summed E-state index contributed by atoms with van der Waals surface area (Å²) in [5, 5.41) is 5.83. The lowest BCUT2D eigenvalue weighted by molar-refractivity contribution is 0.174. The zero-order valence-corrected chi connectivity index (χ0v) is 21.5. The first-order valence-corrected chi connectivity index (χ1v) is 15.4. The van der Waals surface area contributed by atoms with E-state index in [1.54, 1.807) is 5.30 Å². The summed E-state index contributed by atoms with van der Waals surface area (Å²) in [6.07, 6.45) is 4.12. The molecule has 6 rings (SSSR count). The summed E-state index contributed by atoms with van der Waals surface area (Å²) in [5.74, 6) is 4.19. The van der Waals surface area contributed by atoms with E-state index in [0.717, 1.165) is 29.0 Å². The molecular weight excluding hydrogens is 442 g/mol. The first-order chi connectivity index (χ1) is 16.1. The number of hydrogen-bond donors (Lipinski definition) is 0. The molecule has 0 bridgehead atoms. The molecule has 0 aromatic heterocycles. The highest BCUT2D eigenvalue weighted by molar-refractivity contribution is 7.82. The fourth-order valence-corrected chi connectivity index (χ4v) is 12.7. The fourth-order valence-electron chi connectivity index (χ4n) is 6.32. The first-order valence-electron chi connectivity index (χ1n) is 12.2. The molecule has 0 spiro atoms. The van der Waals surface area contributed by atoms with E-state index in [0.29, 0.717) is 12.7 Å². The van der Waals surface area contributed by atoms with Crippen LogP contribution < -0.4 is 30.7 Å². The van der Waals surface area contributed by atoms with Crippen molar-refractivity contribution in [2.24, 2.45) is 11.8 Å². The van der Waals surface area contributed by atoms with Gasteiger partial charge in [-0.05, 0) is 78.4 Å². The molecule has 2 nitrogen and oxygen atoms in total. The smallest absolute Gasteiger partial charge is 0.231 e. The third-order valence-electron chi connectivity index (χ3n) is 8.01. The van der Waals surface area contributed by atoms with Crippen LogP contribution >= 0.6 is 15.8 Å². The molecule has 2 heterocycles. The molecule has 1 aliphatic carbocycles. The van der Waals surface area contributed by atoms with E-state index >= 15 is 0 Å². The lowest BCUT2D eigenvalue weighted by Gasteiger charge is -2.48. The van der Waals surface area contributed by atoms with Crippen LogP contribution in [0.3, 0.4) is 0 Å². The zero-order chi connectivity index (χ0) is 22.5. The number of hydrogen-bond acceptors (Lipinski definition) is 2. The van der Waals surface area contributed by atoms with E-state index in [4.69, 9.17) is 9.47 Å². The monoisotopic (exact) mass is 474 g/mol. The SMILES string of the molecule is CC1c2cc3c(c(P(c4ccccc4)c4ccccc4)c2P(C)[C@@H]2C[C@H](C)CC[C@@H]12)OCO3. The lowest BCUT2D eigenvalue weighted by atomic mass is 9.74. The van der Waals surface area contributed by atoms with Crippen LogP contribution in [0.15, 0.2) is 66.7 Å². The molecule has 3 aromatic rings. The predicted octanol–water partition coefficient (Wildman–Crippen LogP) is 5.83. The maximum absolute atomic E-state index is 6.26. The van der Waals surface area contributed by atoms with Gasteiger partial charge in [-0.2, -0.15) is 0 Å². The second-order valence-corrected chi connectivity index (χ2v) is 14.4. The van der Waals surface area contributed by atoms with Crippen LogP contribution in [0, 0.1) is 11.8 Å². The van der Waals surface area contributed by atoms with Crippen LogP contribution in [0.1, 0.15) is 44.6 Å². The van der Waals surface area contributed by atoms with Crippen LogP contribution in [-0.4, -0.2) is 19.1 Å². The van der Waals surface area contributed by atoms with Crippen molar-refractivity contribution in [1.82, 2.24) is 0 Å². The Morgan fingerprint density at radius 2 is 1.55 bits per heavy atom. The molecule has 33 heavy (non-hydrogen) atoms. The third-order valence-corrected chi connectivity index (χ3v) is 13.5. The number of ether oxygens (including phenoxy) is 2. The Kier molecular flexibility index (Phi) is 5.72. The average molecular weight is 475 g/mol. The van der Waals surface area contributed by atoms with Gasteiger partial charge in [0.05, 0.1) is 0 Å². The predicted molar refractivity (Wildman–Crippen MR) is 142 cm³/mol. The summed E-state index contributed by atoms with van der Waals surface area (Å²) in [4.78, 5) is 0. The molecule has 2 unspecified atom stereocenters. The lowest BCUT2D eigenvalue weighted by Crippen LogP contribution is -2.44. The summed E-state index contributed by atoms with van der Waals surface area (Å²) < 4.78 is 12.3. The second-order valence-electron chi connectivity index (χ2n) is 9.95. The van der Waals surface area contributed by atoms with Crippen molar-refractivity contribution in [2.75, 3.05) is 13.5 Å². The maximum Gasteiger partial charge on any atom is 0.231 e. The Morgan fingerprint density at radius 1 is 0.879 bits per heavy atom. The minimum atomic E-state index is -0.734. The van der Waals surface area contributed by atoms with Gasteiger partial charge in [0, 0.05) is 5.30 Å². The molecule has 1 saturated carbocycles. The van der Waals surface area contributed by atoms with Crippen molar-refractivity contribution in [1.29, 1.82) is 0 Å². The third kappa shape index (κ3) is 3.62. The molecule has 4 heteroatoms. The largest absolute Gasteiger partial charge is 0.454 e. The molecule has 2 aliphatic heterocycles. The van der Waals surface area contributed by atoms with Crippen molar-refractivity contribution < 1.29 is 9.47 Å². The molecular formula is C29H32O2P2. The standard InChI is InChI=1S/C29H32O2P2/c1-19-14-15-23-20(2)24-17-25-27(31-18-30-25)29(28(24)32(3)26(23)16-19)33(21-10-6-4-7-11-21)22-12-8-5-9-13-22/h4-13,17,19-20,23,26H,14-16,18H2,1-3H3/t19-,20?,23+,26-,32?/m1/s1. The van der Waals surface area contributed by atoms with E-state index in [-0.39, 0.29) is 7.92 Å². The molecule has 0 radical (unpaired) electrons. The van der Waals surface area contributed by atoms with E-state index in [1.165, 1.54) is 40.7 Å². The highest BCUT2D eigenvalue weighted by atomic mass is 31.1. The normalized spacial score (nSPS) is 27.8. The van der Waals surface area contributed by atoms with Gasteiger partial charge < -0.3 is 9.47 Å². The van der Waals surface area contributed by atoms with Crippen LogP contribution in [0.5, 0.6) is 11.5 Å². The topological polar surface area (TPSA) is 18.5 Å². The van der Waals surface area contributed by atoms with Crippen molar-refractivity contribution >= 4 is 37.1 Å². The van der Waals surface area contributed by atoms with Crippen LogP contribution in [-0.2, 0) is 0 Å². The second kappa shape index (κ2) is 8.72. The van der Waals surface area contributed by atoms with E-state index < -0.39 is 7.92 Å². The maximum atomic E-state index is 6.26. The molecule has 5 atom stereocenters. The molecule has 1 fully saturated rings. The quantitative estimate of drug-likeness (QED) is 0.445. The summed E-state index contributed by atoms with van der Waals surface area (Å²) >= 11 is 0. The van der Waals surface area contributed by atoms with Gasteiger partial charge in [0.25, 0.3) is 0 Å². The first kappa shape index (κ1) is 21.6. The van der Waals surface area contributed by atoms with E-state index in [2.05, 4.69) is 87.2 Å². The Labute approximate surface area is 200 Å². The Hall–Kier alpha value is -1.88. The molecule has 0 saturated heterocycles. The molecule has 3 aliphatic rings. The summed E-state index contributed by atoms with van der Waals surface area (Å²) in [6.45, 7) is 7.83. The molecule has 170 valence electrons. The minimum Gasteiger partial charge on any atom is -0.454 e. The van der Waals surface area contributed by atoms with Gasteiger partial charge in [-0.1, -0.05) is 88.9 Å². The van der Waals surface area contributed by atoms with Gasteiger partial charge >= 0.3 is 0 Å². The van der Waals surface area contributed by atoms with Crippen molar-refractivity contribution in [3.05, 3.63) is 72.3 Å². The summed E-state index contributed by atoms with van der Waals surface area (Å²) in [6, 6.07) is 24.5. The average Bonchev–Trinajstić information content (AvgIpc) is 3.32. The molecule has 3 aromatic carbocycles. The Balaban J connectivity index is 1.62. The van der Waals surface area contributed by atoms with Gasteiger partial charge in [-0.15, -0.1) is 0 Å². The summed E-state index contributed by atoms with van der Waals surface area (Å²) in [7, 11) is -1.01. The minimum absolute atomic E-state index is 0.278. The van der Waals surface area contributed by atoms with Crippen LogP contribution in [0.25, 0.3) is 0 Å². The number of benzene rings is 3. The van der Waals surface area contributed by atoms with E-state index in [9.17, 15) is 0 Å². The fraction of sp³-hybridized carbons (Fsp3) is 0.379. The van der Waals surface area contributed by atoms with Crippen molar-refractivity contribution in [3.63, 3.8) is 0 Å². The van der Waals surface area contributed by atoms with Crippen molar-refractivity contribution in [2.45, 2.75) is 44.7 Å². The van der Waals surface area contributed by atoms with Gasteiger partial charge in [-0.25, -0.2) is 0 Å². The van der Waals surface area contributed by atoms with Crippen LogP contribution in [0.4, 0.5) is 0 Å². The van der Waals surface area contributed by atoms with Gasteiger partial charge in [0.2, 0.25) is 6.79 Å². The zero-order valence-electron chi connectivity index (χ0n) is 19.7. The molecule has 0 amide bonds. The Morgan fingerprint density at radius 3 is 2.21 bits per heavy atom. The highest BCUT2D eigenvalue weighted by Crippen LogP contribution is 2.59. The van der Waals surface area contributed by atoms with Gasteiger partial charge in [0.1, 0.15) is 0 Å². The van der Waals surface area contributed by atoms with Crippen LogP contribution in [0.2, 0.25) is 0 Å². The number of rotatable bonds is 3. The highest BCUT2D eigenvalue weighted by Gasteiger charge is 2.45. The van der Waals surface area contributed by atoms with E-state index in [1.807, 2.05) is 0 Å². The van der Waals surface area contributed by atoms with Gasteiger partial charge in [-0.3, -0.25) is 0 Å². The van der Waals surface area contributed by atoms with Crippen molar-refractivity contribution in [3.8, 4) is 11.5 Å². The van der Waals surface area contributed by atoms with Gasteiger partial charge in [0.15, 0.2) is 11.5 Å². The molecule has 0 N–H and O–H groups in total. The summed E-state index contributed by atoms with van der Waals surface area (Å²) in [5.41, 5.74) is 2.35. The number of fused-ring (bicyclic) bond motifs is 3. The Bertz CT molecular complexity index is 1110.